The summed E-state index contributed by atoms with van der Waals surface area (Å²) in [6.45, 7) is 4.91. The summed E-state index contributed by atoms with van der Waals surface area (Å²) in [7, 11) is 1.63. The molecular formula is C47H98N2O6P+. The number of rotatable bonds is 45. The third kappa shape index (κ3) is 41.7. The largest absolute Gasteiger partial charge is 0.472 e. The van der Waals surface area contributed by atoms with Crippen LogP contribution in [0.5, 0.6) is 0 Å². The van der Waals surface area contributed by atoms with E-state index in [0.29, 0.717) is 23.9 Å². The maximum absolute atomic E-state index is 12.9. The summed E-state index contributed by atoms with van der Waals surface area (Å²) in [6.07, 6.45) is 44.2. The molecule has 1 unspecified atom stereocenters. The first kappa shape index (κ1) is 55.5. The van der Waals surface area contributed by atoms with Gasteiger partial charge in [-0.2, -0.15) is 0 Å². The third-order valence-electron chi connectivity index (χ3n) is 11.4. The van der Waals surface area contributed by atoms with Crippen molar-refractivity contribution in [1.29, 1.82) is 0 Å². The Morgan fingerprint density at radius 2 is 0.857 bits per heavy atom. The number of nitrogens with zero attached hydrogens (tertiary/aromatic N) is 1. The van der Waals surface area contributed by atoms with Crippen molar-refractivity contribution < 1.29 is 32.9 Å². The van der Waals surface area contributed by atoms with Crippen molar-refractivity contribution in [2.45, 2.75) is 257 Å². The van der Waals surface area contributed by atoms with Crippen molar-refractivity contribution in [3.8, 4) is 0 Å². The number of phosphoric acid groups is 1. The van der Waals surface area contributed by atoms with E-state index < -0.39 is 20.0 Å². The summed E-state index contributed by atoms with van der Waals surface area (Å²) in [5.74, 6) is -0.140. The highest BCUT2D eigenvalue weighted by atomic mass is 31.2. The van der Waals surface area contributed by atoms with E-state index in [1.54, 1.807) is 0 Å². The van der Waals surface area contributed by atoms with E-state index in [1.165, 1.54) is 180 Å². The minimum atomic E-state index is -4.31. The van der Waals surface area contributed by atoms with Crippen molar-refractivity contribution >= 4 is 13.7 Å². The molecule has 0 aromatic rings. The zero-order valence-corrected chi connectivity index (χ0v) is 39.0. The molecule has 0 bridgehead atoms. The molecule has 0 rings (SSSR count). The number of nitrogens with one attached hydrogen (secondary N) is 1. The number of aliphatic hydroxyl groups excluding tert-OH is 1. The topological polar surface area (TPSA) is 105 Å². The first-order valence-electron chi connectivity index (χ1n) is 24.4. The van der Waals surface area contributed by atoms with Crippen LogP contribution < -0.4 is 5.32 Å². The van der Waals surface area contributed by atoms with E-state index in [2.05, 4.69) is 19.2 Å². The number of quaternary nitrogens is 1. The minimum Gasteiger partial charge on any atom is -0.391 e. The number of amides is 1. The normalized spacial score (nSPS) is 14.2. The van der Waals surface area contributed by atoms with Crippen LogP contribution in [0.25, 0.3) is 0 Å². The van der Waals surface area contributed by atoms with Gasteiger partial charge in [-0.3, -0.25) is 13.8 Å². The second kappa shape index (κ2) is 39.9. The molecule has 3 atom stereocenters. The lowest BCUT2D eigenvalue weighted by Crippen LogP contribution is -2.46. The number of likely N-dealkylation sites (N-methyl/N-ethyl adjacent to an activating group) is 1. The highest BCUT2D eigenvalue weighted by Gasteiger charge is 2.28. The average molecular weight is 818 g/mol. The number of unbranched alkanes of at least 4 members (excludes halogenated alkanes) is 32. The zero-order valence-electron chi connectivity index (χ0n) is 38.2. The zero-order chi connectivity index (χ0) is 41.4. The number of hydrogen-bond donors (Lipinski definition) is 3. The first-order chi connectivity index (χ1) is 27.0. The van der Waals surface area contributed by atoms with Crippen LogP contribution in [0.2, 0.25) is 0 Å². The van der Waals surface area contributed by atoms with Crippen molar-refractivity contribution in [3.05, 3.63) is 0 Å². The van der Waals surface area contributed by atoms with Gasteiger partial charge in [-0.1, -0.05) is 226 Å². The Hall–Kier alpha value is -0.500. The van der Waals surface area contributed by atoms with Crippen LogP contribution in [0, 0.1) is 0 Å². The lowest BCUT2D eigenvalue weighted by molar-refractivity contribution is -0.870. The van der Waals surface area contributed by atoms with Gasteiger partial charge in [0, 0.05) is 6.42 Å². The second-order valence-corrected chi connectivity index (χ2v) is 19.7. The van der Waals surface area contributed by atoms with Gasteiger partial charge in [0.2, 0.25) is 5.91 Å². The molecule has 3 N–H and O–H groups in total. The molecule has 56 heavy (non-hydrogen) atoms. The molecular weight excluding hydrogens is 719 g/mol. The lowest BCUT2D eigenvalue weighted by Gasteiger charge is -2.26. The molecule has 8 nitrogen and oxygen atoms in total. The Labute approximate surface area is 349 Å². The van der Waals surface area contributed by atoms with Gasteiger partial charge in [0.15, 0.2) is 0 Å². The minimum absolute atomic E-state index is 0.0786. The van der Waals surface area contributed by atoms with Gasteiger partial charge >= 0.3 is 7.82 Å². The second-order valence-electron chi connectivity index (χ2n) is 18.2. The molecule has 0 saturated heterocycles. The molecule has 0 saturated carbocycles. The van der Waals surface area contributed by atoms with Gasteiger partial charge in [0.1, 0.15) is 13.2 Å². The third-order valence-corrected chi connectivity index (χ3v) is 12.3. The van der Waals surface area contributed by atoms with Crippen LogP contribution in [0.15, 0.2) is 0 Å². The molecule has 0 aliphatic heterocycles. The molecule has 0 spiro atoms. The van der Waals surface area contributed by atoms with E-state index in [9.17, 15) is 19.4 Å². The molecule has 0 heterocycles. The molecule has 1 amide bonds. The lowest BCUT2D eigenvalue weighted by atomic mass is 10.0. The number of hydrogen-bond acceptors (Lipinski definition) is 5. The summed E-state index contributed by atoms with van der Waals surface area (Å²) in [5, 5.41) is 14.0. The summed E-state index contributed by atoms with van der Waals surface area (Å²) in [5.41, 5.74) is 0. The van der Waals surface area contributed by atoms with Crippen LogP contribution >= 0.6 is 7.82 Å². The first-order valence-corrected chi connectivity index (χ1v) is 25.9. The number of phosphoric ester groups is 1. The van der Waals surface area contributed by atoms with Crippen molar-refractivity contribution in [3.63, 3.8) is 0 Å². The van der Waals surface area contributed by atoms with Gasteiger partial charge in [-0.25, -0.2) is 4.57 Å². The van der Waals surface area contributed by atoms with Gasteiger partial charge in [0.05, 0.1) is 39.9 Å². The van der Waals surface area contributed by atoms with E-state index in [4.69, 9.17) is 9.05 Å². The van der Waals surface area contributed by atoms with Gasteiger partial charge < -0.3 is 19.8 Å². The molecule has 0 aromatic heterocycles. The number of carbonyl (C=O) groups excluding carboxylic acids is 1. The van der Waals surface area contributed by atoms with E-state index in [0.717, 1.165) is 38.5 Å². The van der Waals surface area contributed by atoms with E-state index in [1.807, 2.05) is 21.1 Å². The Morgan fingerprint density at radius 3 is 1.20 bits per heavy atom. The maximum atomic E-state index is 12.9. The molecule has 9 heteroatoms. The Kier molecular flexibility index (Phi) is 39.6. The molecule has 0 aliphatic rings. The fourth-order valence-corrected chi connectivity index (χ4v) is 8.20. The summed E-state index contributed by atoms with van der Waals surface area (Å²) in [6, 6.07) is -0.752. The van der Waals surface area contributed by atoms with Crippen LogP contribution in [-0.4, -0.2) is 73.4 Å². The Balaban J connectivity index is 4.17. The summed E-state index contributed by atoms with van der Waals surface area (Å²) >= 11 is 0. The van der Waals surface area contributed by atoms with Crippen molar-refractivity contribution in [2.75, 3.05) is 40.9 Å². The number of carbonyl (C=O) groups is 1. The smallest absolute Gasteiger partial charge is 0.391 e. The van der Waals surface area contributed by atoms with E-state index in [-0.39, 0.29) is 19.1 Å². The summed E-state index contributed by atoms with van der Waals surface area (Å²) in [4.78, 5) is 23.2. The van der Waals surface area contributed by atoms with Gasteiger partial charge in [0.25, 0.3) is 0 Å². The van der Waals surface area contributed by atoms with Crippen LogP contribution in [0.1, 0.15) is 245 Å². The SMILES string of the molecule is CCCCCCCCCCCCCCCCCCCCCCCCC(=O)N[C@@H](COP(=O)(O)OCC[N+](C)(C)C)[C@H](O)CCCCCCCCCCCCCC. The molecule has 0 fully saturated rings. The predicted octanol–water partition coefficient (Wildman–Crippen LogP) is 13.8. The Morgan fingerprint density at radius 1 is 0.536 bits per heavy atom. The van der Waals surface area contributed by atoms with Gasteiger partial charge in [-0.05, 0) is 12.8 Å². The predicted molar refractivity (Wildman–Crippen MR) is 240 cm³/mol. The van der Waals surface area contributed by atoms with Crippen molar-refractivity contribution in [1.82, 2.24) is 5.32 Å². The molecule has 0 radical (unpaired) electrons. The fourth-order valence-electron chi connectivity index (χ4n) is 7.46. The highest BCUT2D eigenvalue weighted by molar-refractivity contribution is 7.47. The van der Waals surface area contributed by atoms with Crippen LogP contribution in [0.3, 0.4) is 0 Å². The molecule has 336 valence electrons. The average Bonchev–Trinajstić information content (AvgIpc) is 3.15. The van der Waals surface area contributed by atoms with Gasteiger partial charge in [-0.15, -0.1) is 0 Å². The van der Waals surface area contributed by atoms with Crippen LogP contribution in [-0.2, 0) is 18.4 Å². The number of aliphatic hydroxyl groups is 1. The standard InChI is InChI=1S/C47H97N2O6P/c1-6-8-10-12-14-16-18-20-21-22-23-24-25-26-27-28-29-31-33-35-37-39-41-47(51)48-45(44-55-56(52,53)54-43-42-49(3,4)5)46(50)40-38-36-34-32-30-19-17-15-13-11-9-7-2/h45-46,50H,6-44H2,1-5H3,(H-,48,51,52,53)/p+1/t45-,46+/m0/s1. The maximum Gasteiger partial charge on any atom is 0.472 e. The van der Waals surface area contributed by atoms with Crippen LogP contribution in [0.4, 0.5) is 0 Å². The molecule has 0 aliphatic carbocycles. The highest BCUT2D eigenvalue weighted by Crippen LogP contribution is 2.43. The quantitative estimate of drug-likeness (QED) is 0.0321. The van der Waals surface area contributed by atoms with Crippen molar-refractivity contribution in [2.24, 2.45) is 0 Å². The summed E-state index contributed by atoms with van der Waals surface area (Å²) < 4.78 is 23.6. The molecule has 0 aromatic carbocycles. The fraction of sp³-hybridized carbons (Fsp3) is 0.979. The Bertz CT molecular complexity index is 885. The van der Waals surface area contributed by atoms with E-state index >= 15 is 0 Å². The monoisotopic (exact) mass is 818 g/mol.